The van der Waals surface area contributed by atoms with Gasteiger partial charge in [0.2, 0.25) is 0 Å². The SMILES string of the molecule is Cl.Cn1ccc(CNC2CCC(O)CC2)n1. The summed E-state index contributed by atoms with van der Waals surface area (Å²) in [4.78, 5) is 0. The average Bonchev–Trinajstić information content (AvgIpc) is 2.64. The van der Waals surface area contributed by atoms with E-state index in [0.29, 0.717) is 6.04 Å². The van der Waals surface area contributed by atoms with Gasteiger partial charge >= 0.3 is 0 Å². The van der Waals surface area contributed by atoms with Crippen LogP contribution in [0, 0.1) is 0 Å². The van der Waals surface area contributed by atoms with E-state index in [4.69, 9.17) is 0 Å². The molecule has 5 heteroatoms. The van der Waals surface area contributed by atoms with E-state index >= 15 is 0 Å². The number of aryl methyl sites for hydroxylation is 1. The summed E-state index contributed by atoms with van der Waals surface area (Å²) in [6, 6.07) is 2.58. The van der Waals surface area contributed by atoms with Crippen molar-refractivity contribution in [3.8, 4) is 0 Å². The van der Waals surface area contributed by atoms with Gasteiger partial charge in [-0.1, -0.05) is 0 Å². The second-order valence-electron chi connectivity index (χ2n) is 4.37. The number of hydrogen-bond donors (Lipinski definition) is 2. The number of nitrogens with zero attached hydrogens (tertiary/aromatic N) is 2. The first-order valence-electron chi connectivity index (χ1n) is 5.64. The number of nitrogens with one attached hydrogen (secondary N) is 1. The van der Waals surface area contributed by atoms with Crippen LogP contribution >= 0.6 is 12.4 Å². The predicted molar refractivity (Wildman–Crippen MR) is 65.6 cm³/mol. The lowest BCUT2D eigenvalue weighted by atomic mass is 9.93. The van der Waals surface area contributed by atoms with Gasteiger partial charge in [0.05, 0.1) is 11.8 Å². The Bertz CT molecular complexity index is 308. The Morgan fingerprint density at radius 1 is 1.44 bits per heavy atom. The van der Waals surface area contributed by atoms with Gasteiger partial charge in [0, 0.05) is 25.8 Å². The van der Waals surface area contributed by atoms with Gasteiger partial charge in [0.1, 0.15) is 0 Å². The Labute approximate surface area is 102 Å². The van der Waals surface area contributed by atoms with E-state index < -0.39 is 0 Å². The van der Waals surface area contributed by atoms with Crippen LogP contribution < -0.4 is 5.32 Å². The van der Waals surface area contributed by atoms with Crippen LogP contribution in [0.5, 0.6) is 0 Å². The largest absolute Gasteiger partial charge is 0.393 e. The fourth-order valence-corrected chi connectivity index (χ4v) is 2.09. The minimum absolute atomic E-state index is 0. The zero-order valence-electron chi connectivity index (χ0n) is 9.59. The molecule has 92 valence electrons. The molecule has 1 heterocycles. The van der Waals surface area contributed by atoms with Crippen molar-refractivity contribution in [1.29, 1.82) is 0 Å². The molecule has 1 saturated carbocycles. The van der Waals surface area contributed by atoms with Gasteiger partial charge in [-0.3, -0.25) is 4.68 Å². The molecular weight excluding hydrogens is 226 g/mol. The summed E-state index contributed by atoms with van der Waals surface area (Å²) >= 11 is 0. The summed E-state index contributed by atoms with van der Waals surface area (Å²) in [6.07, 6.45) is 5.90. The van der Waals surface area contributed by atoms with Crippen molar-refractivity contribution in [3.05, 3.63) is 18.0 Å². The smallest absolute Gasteiger partial charge is 0.0762 e. The van der Waals surface area contributed by atoms with Gasteiger partial charge in [0.25, 0.3) is 0 Å². The van der Waals surface area contributed by atoms with Gasteiger partial charge in [0.15, 0.2) is 0 Å². The maximum Gasteiger partial charge on any atom is 0.0762 e. The molecule has 2 rings (SSSR count). The highest BCUT2D eigenvalue weighted by atomic mass is 35.5. The molecule has 0 amide bonds. The first-order valence-corrected chi connectivity index (χ1v) is 5.64. The monoisotopic (exact) mass is 245 g/mol. The van der Waals surface area contributed by atoms with Crippen molar-refractivity contribution in [1.82, 2.24) is 15.1 Å². The Hall–Kier alpha value is -0.580. The summed E-state index contributed by atoms with van der Waals surface area (Å²) in [6.45, 7) is 0.835. The molecule has 0 aliphatic heterocycles. The number of aromatic nitrogens is 2. The topological polar surface area (TPSA) is 50.1 Å². The lowest BCUT2D eigenvalue weighted by Crippen LogP contribution is -2.34. The Morgan fingerprint density at radius 2 is 2.12 bits per heavy atom. The zero-order valence-corrected chi connectivity index (χ0v) is 10.4. The Balaban J connectivity index is 0.00000128. The van der Waals surface area contributed by atoms with Gasteiger partial charge in [-0.05, 0) is 31.7 Å². The van der Waals surface area contributed by atoms with E-state index in [1.165, 1.54) is 0 Å². The summed E-state index contributed by atoms with van der Waals surface area (Å²) in [5.41, 5.74) is 1.09. The first-order chi connectivity index (χ1) is 7.24. The highest BCUT2D eigenvalue weighted by Gasteiger charge is 2.18. The molecule has 0 aromatic carbocycles. The lowest BCUT2D eigenvalue weighted by Gasteiger charge is -2.25. The van der Waals surface area contributed by atoms with Crippen LogP contribution in [0.3, 0.4) is 0 Å². The van der Waals surface area contributed by atoms with Crippen LogP contribution in [-0.2, 0) is 13.6 Å². The van der Waals surface area contributed by atoms with Gasteiger partial charge in [-0.15, -0.1) is 12.4 Å². The molecule has 0 radical (unpaired) electrons. The second kappa shape index (κ2) is 6.23. The van der Waals surface area contributed by atoms with E-state index in [0.717, 1.165) is 37.9 Å². The van der Waals surface area contributed by atoms with E-state index in [1.807, 2.05) is 24.0 Å². The molecule has 1 fully saturated rings. The third-order valence-electron chi connectivity index (χ3n) is 3.04. The molecule has 0 atom stereocenters. The van der Waals surface area contributed by atoms with E-state index in [9.17, 15) is 5.11 Å². The highest BCUT2D eigenvalue weighted by Crippen LogP contribution is 2.18. The predicted octanol–water partition coefficient (Wildman–Crippen LogP) is 1.23. The van der Waals surface area contributed by atoms with Crippen LogP contribution in [0.15, 0.2) is 12.3 Å². The normalized spacial score (nSPS) is 25.1. The Kier molecular flexibility index (Phi) is 5.25. The molecule has 1 aromatic heterocycles. The number of aliphatic hydroxyl groups excluding tert-OH is 1. The maximum absolute atomic E-state index is 9.37. The van der Waals surface area contributed by atoms with Crippen molar-refractivity contribution in [2.75, 3.05) is 0 Å². The molecule has 0 saturated heterocycles. The van der Waals surface area contributed by atoms with Crippen LogP contribution in [0.1, 0.15) is 31.4 Å². The molecule has 2 N–H and O–H groups in total. The standard InChI is InChI=1S/C11H19N3O.ClH/c1-14-7-6-10(13-14)8-12-9-2-4-11(15)5-3-9;/h6-7,9,11-12,15H,2-5,8H2,1H3;1H. The van der Waals surface area contributed by atoms with Crippen molar-refractivity contribution in [3.63, 3.8) is 0 Å². The molecule has 1 aliphatic carbocycles. The fraction of sp³-hybridized carbons (Fsp3) is 0.727. The highest BCUT2D eigenvalue weighted by molar-refractivity contribution is 5.85. The lowest BCUT2D eigenvalue weighted by molar-refractivity contribution is 0.116. The van der Waals surface area contributed by atoms with Crippen molar-refractivity contribution >= 4 is 12.4 Å². The van der Waals surface area contributed by atoms with Crippen LogP contribution in [0.25, 0.3) is 0 Å². The number of hydrogen-bond acceptors (Lipinski definition) is 3. The molecule has 0 spiro atoms. The van der Waals surface area contributed by atoms with Crippen molar-refractivity contribution in [2.45, 2.75) is 44.4 Å². The summed E-state index contributed by atoms with van der Waals surface area (Å²) < 4.78 is 1.82. The zero-order chi connectivity index (χ0) is 10.7. The van der Waals surface area contributed by atoms with E-state index in [1.54, 1.807) is 0 Å². The Morgan fingerprint density at radius 3 is 2.69 bits per heavy atom. The van der Waals surface area contributed by atoms with Gasteiger partial charge in [-0.25, -0.2) is 0 Å². The van der Waals surface area contributed by atoms with E-state index in [2.05, 4.69) is 10.4 Å². The number of halogens is 1. The van der Waals surface area contributed by atoms with Gasteiger partial charge < -0.3 is 10.4 Å². The molecule has 16 heavy (non-hydrogen) atoms. The molecule has 0 bridgehead atoms. The summed E-state index contributed by atoms with van der Waals surface area (Å²) in [5.74, 6) is 0. The maximum atomic E-state index is 9.37. The minimum Gasteiger partial charge on any atom is -0.393 e. The van der Waals surface area contributed by atoms with Crippen LogP contribution in [0.2, 0.25) is 0 Å². The number of aliphatic hydroxyl groups is 1. The van der Waals surface area contributed by atoms with E-state index in [-0.39, 0.29) is 18.5 Å². The quantitative estimate of drug-likeness (QED) is 0.843. The summed E-state index contributed by atoms with van der Waals surface area (Å²) in [5, 5.41) is 17.2. The molecular formula is C11H20ClN3O. The average molecular weight is 246 g/mol. The fourth-order valence-electron chi connectivity index (χ4n) is 2.09. The third kappa shape index (κ3) is 3.77. The molecule has 0 unspecified atom stereocenters. The summed E-state index contributed by atoms with van der Waals surface area (Å²) in [7, 11) is 1.93. The van der Waals surface area contributed by atoms with Crippen LogP contribution in [-0.4, -0.2) is 27.0 Å². The first kappa shape index (κ1) is 13.5. The second-order valence-corrected chi connectivity index (χ2v) is 4.37. The number of rotatable bonds is 3. The van der Waals surface area contributed by atoms with Crippen molar-refractivity contribution in [2.24, 2.45) is 7.05 Å². The van der Waals surface area contributed by atoms with Crippen molar-refractivity contribution < 1.29 is 5.11 Å². The molecule has 1 aliphatic rings. The third-order valence-corrected chi connectivity index (χ3v) is 3.04. The minimum atomic E-state index is -0.0714. The molecule has 1 aromatic rings. The van der Waals surface area contributed by atoms with Crippen LogP contribution in [0.4, 0.5) is 0 Å². The van der Waals surface area contributed by atoms with Gasteiger partial charge in [-0.2, -0.15) is 5.10 Å². The molecule has 4 nitrogen and oxygen atoms in total.